The van der Waals surface area contributed by atoms with Gasteiger partial charge in [0.25, 0.3) is 0 Å². The molecule has 2 aliphatic carbocycles. The molecule has 0 unspecified atom stereocenters. The first-order chi connectivity index (χ1) is 11.6. The van der Waals surface area contributed by atoms with Crippen molar-refractivity contribution < 1.29 is 8.42 Å². The molecule has 2 fully saturated rings. The van der Waals surface area contributed by atoms with E-state index in [1.165, 1.54) is 70.6 Å². The molecule has 0 radical (unpaired) electrons. The van der Waals surface area contributed by atoms with Crippen LogP contribution >= 0.6 is 0 Å². The van der Waals surface area contributed by atoms with Gasteiger partial charge in [-0.3, -0.25) is 0 Å². The van der Waals surface area contributed by atoms with Crippen molar-refractivity contribution in [2.75, 3.05) is 18.8 Å². The maximum Gasteiger partial charge on any atom is 0.211 e. The van der Waals surface area contributed by atoms with Crippen molar-refractivity contribution in [3.8, 4) is 0 Å². The van der Waals surface area contributed by atoms with Crippen molar-refractivity contribution in [2.45, 2.75) is 90.4 Å². The summed E-state index contributed by atoms with van der Waals surface area (Å²) in [6.45, 7) is 3.41. The van der Waals surface area contributed by atoms with Gasteiger partial charge in [0.1, 0.15) is 0 Å². The van der Waals surface area contributed by atoms with Gasteiger partial charge in [-0.15, -0.1) is 0 Å². The smallest absolute Gasteiger partial charge is 0.211 e. The highest BCUT2D eigenvalue weighted by molar-refractivity contribution is 7.89. The molecule has 0 aliphatic heterocycles. The van der Waals surface area contributed by atoms with E-state index in [4.69, 9.17) is 5.73 Å². The molecule has 0 aromatic carbocycles. The summed E-state index contributed by atoms with van der Waals surface area (Å²) in [6, 6.07) is 0. The van der Waals surface area contributed by atoms with Crippen LogP contribution in [0.15, 0.2) is 0 Å². The highest BCUT2D eigenvalue weighted by Crippen LogP contribution is 2.26. The van der Waals surface area contributed by atoms with Crippen molar-refractivity contribution in [2.24, 2.45) is 17.6 Å². The summed E-state index contributed by atoms with van der Waals surface area (Å²) in [5.41, 5.74) is 5.46. The van der Waals surface area contributed by atoms with E-state index in [1.54, 1.807) is 0 Å². The maximum atomic E-state index is 11.4. The molecule has 0 amide bonds. The normalized spacial score (nSPS) is 20.4. The van der Waals surface area contributed by atoms with E-state index in [0.29, 0.717) is 13.0 Å². The Hall–Kier alpha value is -0.130. The van der Waals surface area contributed by atoms with Crippen LogP contribution in [0.5, 0.6) is 0 Å². The van der Waals surface area contributed by atoms with Crippen LogP contribution in [0.1, 0.15) is 90.4 Å². The Labute approximate surface area is 150 Å². The Balaban J connectivity index is 0.000000272. The van der Waals surface area contributed by atoms with Crippen molar-refractivity contribution in [1.29, 1.82) is 0 Å². The molecular weight excluding hydrogens is 320 g/mol. The second kappa shape index (κ2) is 13.1. The predicted molar refractivity (Wildman–Crippen MR) is 104 cm³/mol. The third kappa shape index (κ3) is 10.7. The molecule has 4 nitrogen and oxygen atoms in total. The van der Waals surface area contributed by atoms with Gasteiger partial charge >= 0.3 is 0 Å². The first-order valence-electron chi connectivity index (χ1n) is 10.2. The van der Waals surface area contributed by atoms with Gasteiger partial charge in [-0.05, 0) is 37.6 Å². The topological polar surface area (TPSA) is 72.2 Å². The van der Waals surface area contributed by atoms with Crippen LogP contribution in [-0.2, 0) is 10.0 Å². The largest absolute Gasteiger partial charge is 0.330 e. The number of sulfonamides is 1. The SMILES string of the molecule is CCCS(=O)(=O)NCCC1CCCCC1.NCCC1CCCCC1. The summed E-state index contributed by atoms with van der Waals surface area (Å²) in [6.07, 6.45) is 16.8. The van der Waals surface area contributed by atoms with Crippen LogP contribution < -0.4 is 10.5 Å². The summed E-state index contributed by atoms with van der Waals surface area (Å²) in [5, 5.41) is 0. The van der Waals surface area contributed by atoms with Gasteiger partial charge in [0, 0.05) is 6.54 Å². The molecule has 0 spiro atoms. The van der Waals surface area contributed by atoms with Crippen LogP contribution in [0.2, 0.25) is 0 Å². The number of nitrogens with one attached hydrogen (secondary N) is 1. The summed E-state index contributed by atoms with van der Waals surface area (Å²) < 4.78 is 25.4. The fourth-order valence-corrected chi connectivity index (χ4v) is 5.06. The molecule has 0 bridgehead atoms. The Morgan fingerprint density at radius 3 is 1.83 bits per heavy atom. The van der Waals surface area contributed by atoms with E-state index < -0.39 is 10.0 Å². The molecule has 0 atom stereocenters. The summed E-state index contributed by atoms with van der Waals surface area (Å²) in [5.74, 6) is 1.99. The monoisotopic (exact) mass is 360 g/mol. The minimum atomic E-state index is -2.98. The lowest BCUT2D eigenvalue weighted by atomic mass is 9.87. The van der Waals surface area contributed by atoms with E-state index >= 15 is 0 Å². The van der Waals surface area contributed by atoms with E-state index in [-0.39, 0.29) is 5.75 Å². The molecule has 144 valence electrons. The number of rotatable bonds is 8. The van der Waals surface area contributed by atoms with Crippen LogP contribution in [0.4, 0.5) is 0 Å². The first-order valence-corrected chi connectivity index (χ1v) is 11.9. The maximum absolute atomic E-state index is 11.4. The summed E-state index contributed by atoms with van der Waals surface area (Å²) in [4.78, 5) is 0. The molecule has 0 saturated heterocycles. The highest BCUT2D eigenvalue weighted by atomic mass is 32.2. The van der Waals surface area contributed by atoms with Gasteiger partial charge in [0.05, 0.1) is 5.75 Å². The van der Waals surface area contributed by atoms with Gasteiger partial charge < -0.3 is 5.73 Å². The quantitative estimate of drug-likeness (QED) is 0.681. The third-order valence-electron chi connectivity index (χ3n) is 5.37. The highest BCUT2D eigenvalue weighted by Gasteiger charge is 2.14. The molecule has 0 aromatic heterocycles. The third-order valence-corrected chi connectivity index (χ3v) is 6.96. The zero-order chi connectivity index (χ0) is 17.7. The number of hydrogen-bond donors (Lipinski definition) is 2. The summed E-state index contributed by atoms with van der Waals surface area (Å²) >= 11 is 0. The molecule has 2 aliphatic rings. The standard InChI is InChI=1S/C11H23NO2S.C8H17N/c1-2-10-15(13,14)12-9-8-11-6-4-3-5-7-11;9-7-6-8-4-2-1-3-5-8/h11-12H,2-10H2,1H3;8H,1-7,9H2. The average molecular weight is 361 g/mol. The van der Waals surface area contributed by atoms with Crippen molar-refractivity contribution in [1.82, 2.24) is 4.72 Å². The number of hydrogen-bond acceptors (Lipinski definition) is 3. The van der Waals surface area contributed by atoms with E-state index in [1.807, 2.05) is 6.92 Å². The van der Waals surface area contributed by atoms with Gasteiger partial charge in [-0.1, -0.05) is 71.1 Å². The number of nitrogens with two attached hydrogens (primary N) is 1. The first kappa shape index (κ1) is 21.9. The second-order valence-electron chi connectivity index (χ2n) is 7.59. The van der Waals surface area contributed by atoms with Gasteiger partial charge in [0.15, 0.2) is 0 Å². The van der Waals surface area contributed by atoms with E-state index in [0.717, 1.165) is 24.8 Å². The van der Waals surface area contributed by atoms with Crippen molar-refractivity contribution in [3.05, 3.63) is 0 Å². The Morgan fingerprint density at radius 2 is 1.38 bits per heavy atom. The zero-order valence-electron chi connectivity index (χ0n) is 15.8. The molecule has 0 heterocycles. The van der Waals surface area contributed by atoms with Gasteiger partial charge in [-0.2, -0.15) is 0 Å². The molecule has 2 saturated carbocycles. The second-order valence-corrected chi connectivity index (χ2v) is 9.51. The van der Waals surface area contributed by atoms with Crippen LogP contribution in [0.25, 0.3) is 0 Å². The van der Waals surface area contributed by atoms with Crippen molar-refractivity contribution >= 4 is 10.0 Å². The molecule has 2 rings (SSSR count). The molecular formula is C19H40N2O2S. The molecule has 24 heavy (non-hydrogen) atoms. The minimum Gasteiger partial charge on any atom is -0.330 e. The van der Waals surface area contributed by atoms with Crippen LogP contribution in [0, 0.1) is 11.8 Å². The van der Waals surface area contributed by atoms with E-state index in [2.05, 4.69) is 4.72 Å². The Kier molecular flexibility index (Phi) is 12.0. The van der Waals surface area contributed by atoms with Crippen LogP contribution in [-0.4, -0.2) is 27.3 Å². The van der Waals surface area contributed by atoms with Gasteiger partial charge in [0.2, 0.25) is 10.0 Å². The fraction of sp³-hybridized carbons (Fsp3) is 1.00. The lowest BCUT2D eigenvalue weighted by Gasteiger charge is -2.21. The fourth-order valence-electron chi connectivity index (χ4n) is 3.95. The Bertz CT molecular complexity index is 383. The predicted octanol–water partition coefficient (Wildman–Crippen LogP) is 4.20. The minimum absolute atomic E-state index is 0.262. The molecule has 3 N–H and O–H groups in total. The molecule has 5 heteroatoms. The van der Waals surface area contributed by atoms with Crippen LogP contribution in [0.3, 0.4) is 0 Å². The summed E-state index contributed by atoms with van der Waals surface area (Å²) in [7, 11) is -2.98. The Morgan fingerprint density at radius 1 is 0.875 bits per heavy atom. The average Bonchev–Trinajstić information content (AvgIpc) is 2.57. The lowest BCUT2D eigenvalue weighted by molar-refractivity contribution is 0.339. The lowest BCUT2D eigenvalue weighted by Crippen LogP contribution is -2.28. The zero-order valence-corrected chi connectivity index (χ0v) is 16.6. The van der Waals surface area contributed by atoms with Crippen molar-refractivity contribution in [3.63, 3.8) is 0 Å². The van der Waals surface area contributed by atoms with E-state index in [9.17, 15) is 8.42 Å². The molecule has 0 aromatic rings. The van der Waals surface area contributed by atoms with Gasteiger partial charge in [-0.25, -0.2) is 13.1 Å².